The second-order valence-corrected chi connectivity index (χ2v) is 1.33. The van der Waals surface area contributed by atoms with E-state index in [4.69, 9.17) is 0 Å². The molecule has 0 saturated heterocycles. The standard InChI is InChI=1S/C3H9NO.C2H7NO.4CH4/c1-2-3-5-4;1-2-4-3;;;;/h2-4H2,1H3;2-3H2,1H3;4*1H4. The van der Waals surface area contributed by atoms with Gasteiger partial charge in [0.2, 0.25) is 0 Å². The first kappa shape index (κ1) is 38.5. The average Bonchev–Trinajstić information content (AvgIpc) is 1.91. The summed E-state index contributed by atoms with van der Waals surface area (Å²) in [5.41, 5.74) is 0. The molecule has 4 nitrogen and oxygen atoms in total. The van der Waals surface area contributed by atoms with Gasteiger partial charge in [-0.05, 0) is 13.3 Å². The van der Waals surface area contributed by atoms with E-state index in [1.54, 1.807) is 0 Å². The van der Waals surface area contributed by atoms with Gasteiger partial charge in [-0.2, -0.15) is 0 Å². The fourth-order valence-electron chi connectivity index (χ4n) is 0.118. The van der Waals surface area contributed by atoms with E-state index in [2.05, 4.69) is 21.5 Å². The Kier molecular flexibility index (Phi) is 176. The Bertz CT molecular complexity index is 34.8. The Morgan fingerprint density at radius 1 is 0.846 bits per heavy atom. The summed E-state index contributed by atoms with van der Waals surface area (Å²) in [6.45, 7) is 5.10. The fourth-order valence-corrected chi connectivity index (χ4v) is 0.118. The molecule has 0 saturated carbocycles. The summed E-state index contributed by atoms with van der Waals surface area (Å²) < 4.78 is 0. The van der Waals surface area contributed by atoms with Gasteiger partial charge in [0.25, 0.3) is 0 Å². The van der Waals surface area contributed by atoms with Gasteiger partial charge < -0.3 is 9.68 Å². The number of hydrogen-bond acceptors (Lipinski definition) is 4. The van der Waals surface area contributed by atoms with Crippen LogP contribution in [0.3, 0.4) is 0 Å². The van der Waals surface area contributed by atoms with E-state index < -0.39 is 0 Å². The second kappa shape index (κ2) is 59.4. The van der Waals surface area contributed by atoms with E-state index in [1.165, 1.54) is 0 Å². The van der Waals surface area contributed by atoms with Gasteiger partial charge in [0.15, 0.2) is 0 Å². The molecule has 0 rings (SSSR count). The number of rotatable bonds is 3. The highest BCUT2D eigenvalue weighted by molar-refractivity contribution is 4.14. The molecule has 0 atom stereocenters. The van der Waals surface area contributed by atoms with Gasteiger partial charge in [-0.1, -0.05) is 36.6 Å². The van der Waals surface area contributed by atoms with Crippen molar-refractivity contribution >= 4 is 0 Å². The summed E-state index contributed by atoms with van der Waals surface area (Å²) in [6, 6.07) is 0. The SMILES string of the molecule is C.C.C.C.CCCON.CCON. The van der Waals surface area contributed by atoms with Gasteiger partial charge in [0.05, 0.1) is 13.2 Å². The lowest BCUT2D eigenvalue weighted by Crippen LogP contribution is -1.97. The third-order valence-corrected chi connectivity index (χ3v) is 0.489. The summed E-state index contributed by atoms with van der Waals surface area (Å²) in [5, 5.41) is 0. The molecule has 0 unspecified atom stereocenters. The van der Waals surface area contributed by atoms with Crippen molar-refractivity contribution in [3.8, 4) is 0 Å². The van der Waals surface area contributed by atoms with Crippen LogP contribution in [0.25, 0.3) is 0 Å². The Hall–Kier alpha value is -0.160. The lowest BCUT2D eigenvalue weighted by atomic mass is 10.5. The highest BCUT2D eigenvalue weighted by Gasteiger charge is 1.66. The molecule has 0 bridgehead atoms. The molecule has 0 amide bonds. The van der Waals surface area contributed by atoms with Gasteiger partial charge in [-0.15, -0.1) is 0 Å². The van der Waals surface area contributed by atoms with Crippen molar-refractivity contribution in [2.45, 2.75) is 50.0 Å². The van der Waals surface area contributed by atoms with Gasteiger partial charge in [0.1, 0.15) is 0 Å². The Labute approximate surface area is 85.5 Å². The van der Waals surface area contributed by atoms with Crippen molar-refractivity contribution in [3.05, 3.63) is 0 Å². The van der Waals surface area contributed by atoms with Crippen LogP contribution in [0.1, 0.15) is 50.0 Å². The molecule has 4 heteroatoms. The molecule has 4 N–H and O–H groups in total. The first-order chi connectivity index (χ1) is 4.33. The maximum atomic E-state index is 4.64. The molecule has 0 aromatic rings. The van der Waals surface area contributed by atoms with Crippen molar-refractivity contribution < 1.29 is 9.68 Å². The smallest absolute Gasteiger partial charge is 0.0676 e. The fraction of sp³-hybridized carbons (Fsp3) is 1.00. The van der Waals surface area contributed by atoms with Crippen LogP contribution < -0.4 is 11.8 Å². The van der Waals surface area contributed by atoms with Crippen LogP contribution in [0.4, 0.5) is 0 Å². The first-order valence-electron chi connectivity index (χ1n) is 2.96. The van der Waals surface area contributed by atoms with Crippen LogP contribution in [0, 0.1) is 0 Å². The van der Waals surface area contributed by atoms with Gasteiger partial charge in [0, 0.05) is 0 Å². The molecule has 0 aromatic carbocycles. The summed E-state index contributed by atoms with van der Waals surface area (Å²) in [7, 11) is 0. The molecule has 0 fully saturated rings. The van der Waals surface area contributed by atoms with Gasteiger partial charge in [-0.3, -0.25) is 0 Å². The predicted octanol–water partition coefficient (Wildman–Crippen LogP) is 2.73. The molecule has 0 aliphatic heterocycles. The molecular formula is C9H32N2O2. The Balaban J connectivity index is -0.0000000146. The van der Waals surface area contributed by atoms with Crippen molar-refractivity contribution in [1.29, 1.82) is 0 Å². The van der Waals surface area contributed by atoms with E-state index in [1.807, 2.05) is 13.8 Å². The van der Waals surface area contributed by atoms with Crippen LogP contribution in [0.5, 0.6) is 0 Å². The monoisotopic (exact) mass is 200 g/mol. The zero-order valence-corrected chi connectivity index (χ0v) is 6.09. The van der Waals surface area contributed by atoms with Crippen molar-refractivity contribution in [2.24, 2.45) is 11.8 Å². The molecule has 0 aliphatic carbocycles. The topological polar surface area (TPSA) is 70.5 Å². The van der Waals surface area contributed by atoms with E-state index in [0.717, 1.165) is 6.42 Å². The maximum Gasteiger partial charge on any atom is 0.0676 e. The van der Waals surface area contributed by atoms with Crippen LogP contribution in [-0.2, 0) is 9.68 Å². The molecule has 0 spiro atoms. The van der Waals surface area contributed by atoms with Crippen LogP contribution in [-0.4, -0.2) is 13.2 Å². The second-order valence-electron chi connectivity index (χ2n) is 1.33. The lowest BCUT2D eigenvalue weighted by molar-refractivity contribution is 0.138. The highest BCUT2D eigenvalue weighted by atomic mass is 16.6. The van der Waals surface area contributed by atoms with Gasteiger partial charge >= 0.3 is 0 Å². The Morgan fingerprint density at radius 3 is 1.15 bits per heavy atom. The predicted molar refractivity (Wildman–Crippen MR) is 63.2 cm³/mol. The van der Waals surface area contributed by atoms with Crippen LogP contribution in [0.2, 0.25) is 0 Å². The zero-order chi connectivity index (χ0) is 7.54. The zero-order valence-electron chi connectivity index (χ0n) is 6.09. The third kappa shape index (κ3) is 142. The minimum absolute atomic E-state index is 0. The largest absolute Gasteiger partial charge is 0.305 e. The normalized spacial score (nSPS) is 5.54. The maximum absolute atomic E-state index is 4.64. The number of hydrogen-bond donors (Lipinski definition) is 2. The molecule has 90 valence electrons. The highest BCUT2D eigenvalue weighted by Crippen LogP contribution is 1.67. The van der Waals surface area contributed by atoms with Crippen LogP contribution in [0.15, 0.2) is 0 Å². The number of nitrogens with two attached hydrogens (primary N) is 2. The van der Waals surface area contributed by atoms with Crippen molar-refractivity contribution in [3.63, 3.8) is 0 Å². The molecule has 13 heavy (non-hydrogen) atoms. The van der Waals surface area contributed by atoms with Gasteiger partial charge in [-0.25, -0.2) is 11.8 Å². The van der Waals surface area contributed by atoms with E-state index in [9.17, 15) is 0 Å². The minimum Gasteiger partial charge on any atom is -0.305 e. The third-order valence-electron chi connectivity index (χ3n) is 0.489. The first-order valence-corrected chi connectivity index (χ1v) is 2.96. The molecule has 0 heterocycles. The molecule has 0 radical (unpaired) electrons. The van der Waals surface area contributed by atoms with Crippen molar-refractivity contribution in [2.75, 3.05) is 13.2 Å². The van der Waals surface area contributed by atoms with E-state index >= 15 is 0 Å². The van der Waals surface area contributed by atoms with Crippen LogP contribution >= 0.6 is 0 Å². The lowest BCUT2D eigenvalue weighted by Gasteiger charge is -1.83. The summed E-state index contributed by atoms with van der Waals surface area (Å²) in [5.74, 6) is 9.17. The molecular weight excluding hydrogens is 168 g/mol. The molecule has 0 aliphatic rings. The van der Waals surface area contributed by atoms with Crippen molar-refractivity contribution in [1.82, 2.24) is 0 Å². The summed E-state index contributed by atoms with van der Waals surface area (Å²) >= 11 is 0. The summed E-state index contributed by atoms with van der Waals surface area (Å²) in [4.78, 5) is 8.23. The quantitative estimate of drug-likeness (QED) is 0.687. The average molecular weight is 200 g/mol. The molecule has 0 aromatic heterocycles. The summed E-state index contributed by atoms with van der Waals surface area (Å²) in [6.07, 6.45) is 0.997. The van der Waals surface area contributed by atoms with E-state index in [0.29, 0.717) is 13.2 Å². The minimum atomic E-state index is 0. The van der Waals surface area contributed by atoms with E-state index in [-0.39, 0.29) is 29.7 Å². The Morgan fingerprint density at radius 2 is 1.15 bits per heavy atom.